The van der Waals surface area contributed by atoms with Crippen LogP contribution in [0.5, 0.6) is 0 Å². The minimum Gasteiger partial charge on any atom is -0.370 e. The lowest BCUT2D eigenvalue weighted by Crippen LogP contribution is -2.46. The zero-order valence-corrected chi connectivity index (χ0v) is 10.5. The van der Waals surface area contributed by atoms with Gasteiger partial charge in [-0.25, -0.2) is 0 Å². The molecular formula is C12H23N3O2. The molecule has 0 aromatic carbocycles. The predicted molar refractivity (Wildman–Crippen MR) is 66.0 cm³/mol. The van der Waals surface area contributed by atoms with Crippen LogP contribution < -0.4 is 16.8 Å². The van der Waals surface area contributed by atoms with Gasteiger partial charge in [-0.3, -0.25) is 9.59 Å². The van der Waals surface area contributed by atoms with Crippen LogP contribution in [0, 0.1) is 5.41 Å². The Bertz CT molecular complexity index is 285. The third kappa shape index (κ3) is 4.00. The fourth-order valence-electron chi connectivity index (χ4n) is 2.50. The molecule has 1 atom stereocenters. The summed E-state index contributed by atoms with van der Waals surface area (Å²) in [5.41, 5.74) is 10.8. The van der Waals surface area contributed by atoms with Crippen LogP contribution in [0.4, 0.5) is 0 Å². The van der Waals surface area contributed by atoms with Gasteiger partial charge >= 0.3 is 0 Å². The first-order valence-corrected chi connectivity index (χ1v) is 6.31. The molecule has 5 N–H and O–H groups in total. The molecule has 1 unspecified atom stereocenters. The van der Waals surface area contributed by atoms with E-state index in [1.165, 1.54) is 12.8 Å². The van der Waals surface area contributed by atoms with Crippen molar-refractivity contribution in [1.29, 1.82) is 0 Å². The SMILES string of the molecule is CCC1(CNC(=O)C(N)CC(N)=O)CCCC1. The smallest absolute Gasteiger partial charge is 0.237 e. The van der Waals surface area contributed by atoms with Crippen molar-refractivity contribution >= 4 is 11.8 Å². The average molecular weight is 241 g/mol. The van der Waals surface area contributed by atoms with Gasteiger partial charge in [-0.15, -0.1) is 0 Å². The van der Waals surface area contributed by atoms with E-state index in [1.807, 2.05) is 0 Å². The van der Waals surface area contributed by atoms with Gasteiger partial charge in [0.15, 0.2) is 0 Å². The molecule has 2 amide bonds. The predicted octanol–water partition coefficient (Wildman–Crippen LogP) is 0.276. The highest BCUT2D eigenvalue weighted by Gasteiger charge is 2.32. The van der Waals surface area contributed by atoms with Crippen LogP contribution in [0.15, 0.2) is 0 Å². The molecule has 1 rings (SSSR count). The van der Waals surface area contributed by atoms with Crippen molar-refractivity contribution in [2.24, 2.45) is 16.9 Å². The van der Waals surface area contributed by atoms with E-state index in [0.717, 1.165) is 19.3 Å². The number of nitrogens with one attached hydrogen (secondary N) is 1. The molecule has 0 saturated heterocycles. The lowest BCUT2D eigenvalue weighted by Gasteiger charge is -2.28. The normalized spacial score (nSPS) is 19.9. The van der Waals surface area contributed by atoms with Crippen molar-refractivity contribution in [1.82, 2.24) is 5.32 Å². The van der Waals surface area contributed by atoms with Crippen LogP contribution in [-0.4, -0.2) is 24.4 Å². The van der Waals surface area contributed by atoms with E-state index in [1.54, 1.807) is 0 Å². The van der Waals surface area contributed by atoms with Gasteiger partial charge in [0, 0.05) is 6.54 Å². The second-order valence-corrected chi connectivity index (χ2v) is 5.06. The van der Waals surface area contributed by atoms with Crippen LogP contribution in [0.2, 0.25) is 0 Å². The molecule has 17 heavy (non-hydrogen) atoms. The summed E-state index contributed by atoms with van der Waals surface area (Å²) < 4.78 is 0. The highest BCUT2D eigenvalue weighted by atomic mass is 16.2. The molecule has 0 radical (unpaired) electrons. The molecule has 1 saturated carbocycles. The highest BCUT2D eigenvalue weighted by molar-refractivity contribution is 5.87. The molecule has 0 aliphatic heterocycles. The molecule has 0 heterocycles. The molecule has 98 valence electrons. The number of nitrogens with two attached hydrogens (primary N) is 2. The Morgan fingerprint density at radius 1 is 1.35 bits per heavy atom. The summed E-state index contributed by atoms with van der Waals surface area (Å²) in [6, 6.07) is -0.817. The Kier molecular flexibility index (Phi) is 4.93. The lowest BCUT2D eigenvalue weighted by molar-refractivity contribution is -0.126. The fraction of sp³-hybridized carbons (Fsp3) is 0.833. The number of rotatable bonds is 6. The van der Waals surface area contributed by atoms with Crippen molar-refractivity contribution < 1.29 is 9.59 Å². The first kappa shape index (κ1) is 14.0. The number of carbonyl (C=O) groups is 2. The Morgan fingerprint density at radius 2 is 1.94 bits per heavy atom. The van der Waals surface area contributed by atoms with Crippen molar-refractivity contribution in [3.8, 4) is 0 Å². The van der Waals surface area contributed by atoms with Gasteiger partial charge in [0.05, 0.1) is 12.5 Å². The first-order valence-electron chi connectivity index (χ1n) is 6.31. The number of hydrogen-bond acceptors (Lipinski definition) is 3. The standard InChI is InChI=1S/C12H23N3O2/c1-2-12(5-3-4-6-12)8-15-11(17)9(13)7-10(14)16/h9H,2-8,13H2,1H3,(H2,14,16)(H,15,17). The van der Waals surface area contributed by atoms with Gasteiger partial charge in [0.25, 0.3) is 0 Å². The second kappa shape index (κ2) is 6.00. The minimum atomic E-state index is -0.817. The summed E-state index contributed by atoms with van der Waals surface area (Å²) in [5, 5.41) is 2.85. The van der Waals surface area contributed by atoms with Gasteiger partial charge in [0.2, 0.25) is 11.8 Å². The molecule has 0 bridgehead atoms. The largest absolute Gasteiger partial charge is 0.370 e. The highest BCUT2D eigenvalue weighted by Crippen LogP contribution is 2.40. The van der Waals surface area contributed by atoms with Crippen molar-refractivity contribution in [3.05, 3.63) is 0 Å². The van der Waals surface area contributed by atoms with E-state index in [9.17, 15) is 9.59 Å². The first-order chi connectivity index (χ1) is 7.99. The molecule has 5 heteroatoms. The maximum atomic E-state index is 11.6. The van der Waals surface area contributed by atoms with E-state index in [2.05, 4.69) is 12.2 Å². The average Bonchev–Trinajstić information content (AvgIpc) is 2.74. The monoisotopic (exact) mass is 241 g/mol. The summed E-state index contributed by atoms with van der Waals surface area (Å²) in [6.07, 6.45) is 5.76. The number of primary amides is 1. The van der Waals surface area contributed by atoms with Crippen LogP contribution in [0.25, 0.3) is 0 Å². The molecule has 1 aliphatic rings. The van der Waals surface area contributed by atoms with Crippen molar-refractivity contribution in [3.63, 3.8) is 0 Å². The quantitative estimate of drug-likeness (QED) is 0.622. The van der Waals surface area contributed by atoms with Crippen LogP contribution in [0.1, 0.15) is 45.4 Å². The Hall–Kier alpha value is -1.10. The zero-order valence-electron chi connectivity index (χ0n) is 10.5. The van der Waals surface area contributed by atoms with Gasteiger partial charge in [-0.05, 0) is 24.7 Å². The Balaban J connectivity index is 2.38. The van der Waals surface area contributed by atoms with Gasteiger partial charge in [0.1, 0.15) is 0 Å². The molecule has 0 aromatic rings. The summed E-state index contributed by atoms with van der Waals surface area (Å²) in [5.74, 6) is -0.817. The van der Waals surface area contributed by atoms with Gasteiger partial charge in [-0.2, -0.15) is 0 Å². The summed E-state index contributed by atoms with van der Waals surface area (Å²) in [7, 11) is 0. The van der Waals surface area contributed by atoms with E-state index < -0.39 is 11.9 Å². The zero-order chi connectivity index (χ0) is 12.9. The maximum absolute atomic E-state index is 11.6. The number of amides is 2. The van der Waals surface area contributed by atoms with Crippen LogP contribution in [-0.2, 0) is 9.59 Å². The van der Waals surface area contributed by atoms with E-state index in [0.29, 0.717) is 6.54 Å². The van der Waals surface area contributed by atoms with Crippen molar-refractivity contribution in [2.75, 3.05) is 6.54 Å². The fourth-order valence-corrected chi connectivity index (χ4v) is 2.50. The Morgan fingerprint density at radius 3 is 2.41 bits per heavy atom. The Labute approximate surface area is 102 Å². The molecule has 0 spiro atoms. The molecule has 0 aromatic heterocycles. The van der Waals surface area contributed by atoms with Crippen molar-refractivity contribution in [2.45, 2.75) is 51.5 Å². The molecule has 5 nitrogen and oxygen atoms in total. The lowest BCUT2D eigenvalue weighted by atomic mass is 9.83. The number of carbonyl (C=O) groups excluding carboxylic acids is 2. The van der Waals surface area contributed by atoms with E-state index in [-0.39, 0.29) is 17.7 Å². The molecular weight excluding hydrogens is 218 g/mol. The number of hydrogen-bond donors (Lipinski definition) is 3. The third-order valence-electron chi connectivity index (χ3n) is 3.81. The summed E-state index contributed by atoms with van der Waals surface area (Å²) >= 11 is 0. The van der Waals surface area contributed by atoms with E-state index >= 15 is 0 Å². The van der Waals surface area contributed by atoms with Gasteiger partial charge in [-0.1, -0.05) is 19.8 Å². The van der Waals surface area contributed by atoms with Crippen LogP contribution in [0.3, 0.4) is 0 Å². The minimum absolute atomic E-state index is 0.0923. The third-order valence-corrected chi connectivity index (χ3v) is 3.81. The topological polar surface area (TPSA) is 98.2 Å². The summed E-state index contributed by atoms with van der Waals surface area (Å²) in [6.45, 7) is 2.82. The van der Waals surface area contributed by atoms with Crippen LogP contribution >= 0.6 is 0 Å². The maximum Gasteiger partial charge on any atom is 0.237 e. The molecule has 1 aliphatic carbocycles. The molecule has 1 fully saturated rings. The summed E-state index contributed by atoms with van der Waals surface area (Å²) in [4.78, 5) is 22.3. The van der Waals surface area contributed by atoms with Gasteiger partial charge < -0.3 is 16.8 Å². The second-order valence-electron chi connectivity index (χ2n) is 5.06. The van der Waals surface area contributed by atoms with E-state index in [4.69, 9.17) is 11.5 Å².